The lowest BCUT2D eigenvalue weighted by atomic mass is 10.0. The van der Waals surface area contributed by atoms with Gasteiger partial charge in [-0.15, -0.1) is 0 Å². The molecule has 1 fully saturated rings. The van der Waals surface area contributed by atoms with E-state index in [0.717, 1.165) is 23.5 Å². The molecule has 0 N–H and O–H groups in total. The molecule has 0 saturated carbocycles. The third-order valence-corrected chi connectivity index (χ3v) is 6.08. The van der Waals surface area contributed by atoms with E-state index < -0.39 is 10.0 Å². The Labute approximate surface area is 143 Å². The second kappa shape index (κ2) is 6.18. The van der Waals surface area contributed by atoms with Crippen LogP contribution in [0.25, 0.3) is 0 Å². The van der Waals surface area contributed by atoms with Gasteiger partial charge in [-0.25, -0.2) is 13.4 Å². The summed E-state index contributed by atoms with van der Waals surface area (Å²) >= 11 is 0. The number of nitrogens with zero attached hydrogens (tertiary/aromatic N) is 5. The maximum atomic E-state index is 12.7. The van der Waals surface area contributed by atoms with Gasteiger partial charge in [0.25, 0.3) is 10.0 Å². The highest BCUT2D eigenvalue weighted by atomic mass is 32.2. The molecule has 0 amide bonds. The summed E-state index contributed by atoms with van der Waals surface area (Å²) in [5.74, 6) is 0.113. The van der Waals surface area contributed by atoms with Crippen LogP contribution in [-0.2, 0) is 17.1 Å². The first-order chi connectivity index (χ1) is 11.3. The van der Waals surface area contributed by atoms with Crippen LogP contribution < -0.4 is 4.90 Å². The third kappa shape index (κ3) is 3.16. The average Bonchev–Trinajstić information content (AvgIpc) is 3.16. The van der Waals surface area contributed by atoms with Crippen molar-refractivity contribution in [2.75, 3.05) is 32.1 Å². The fraction of sp³-hybridized carbons (Fsp3) is 0.500. The fourth-order valence-corrected chi connectivity index (χ4v) is 4.45. The molecule has 0 bridgehead atoms. The van der Waals surface area contributed by atoms with Crippen LogP contribution in [0.5, 0.6) is 0 Å². The molecule has 1 unspecified atom stereocenters. The van der Waals surface area contributed by atoms with Crippen molar-refractivity contribution in [3.8, 4) is 0 Å². The van der Waals surface area contributed by atoms with E-state index in [1.807, 2.05) is 32.0 Å². The number of aromatic nitrogens is 3. The first-order valence-electron chi connectivity index (χ1n) is 7.91. The quantitative estimate of drug-likeness (QED) is 0.834. The molecule has 3 heterocycles. The zero-order valence-electron chi connectivity index (χ0n) is 14.5. The van der Waals surface area contributed by atoms with Crippen LogP contribution in [0.15, 0.2) is 29.7 Å². The Hall–Kier alpha value is -1.93. The van der Waals surface area contributed by atoms with Gasteiger partial charge in [0.1, 0.15) is 0 Å². The van der Waals surface area contributed by atoms with Crippen LogP contribution in [0.4, 0.5) is 5.69 Å². The molecule has 1 aliphatic rings. The molecule has 0 aliphatic carbocycles. The number of hydrogen-bond acceptors (Lipinski definition) is 5. The molecule has 7 nitrogen and oxygen atoms in total. The smallest absolute Gasteiger partial charge is 0.262 e. The van der Waals surface area contributed by atoms with E-state index in [-0.39, 0.29) is 10.9 Å². The number of pyridine rings is 1. The Morgan fingerprint density at radius 2 is 2.04 bits per heavy atom. The van der Waals surface area contributed by atoms with E-state index in [1.54, 1.807) is 11.6 Å². The van der Waals surface area contributed by atoms with Crippen LogP contribution in [0.2, 0.25) is 0 Å². The Kier molecular flexibility index (Phi) is 4.35. The summed E-state index contributed by atoms with van der Waals surface area (Å²) in [4.78, 5) is 10.7. The maximum absolute atomic E-state index is 12.7. The third-order valence-electron chi connectivity index (χ3n) is 4.33. The molecule has 0 aromatic carbocycles. The van der Waals surface area contributed by atoms with Crippen LogP contribution >= 0.6 is 0 Å². The molecule has 0 radical (unpaired) electrons. The van der Waals surface area contributed by atoms with Crippen LogP contribution in [0, 0.1) is 6.92 Å². The van der Waals surface area contributed by atoms with Crippen LogP contribution in [0.1, 0.15) is 23.7 Å². The van der Waals surface area contributed by atoms with Crippen molar-refractivity contribution in [2.45, 2.75) is 24.3 Å². The Morgan fingerprint density at radius 1 is 1.29 bits per heavy atom. The van der Waals surface area contributed by atoms with Crippen molar-refractivity contribution in [3.05, 3.63) is 36.0 Å². The maximum Gasteiger partial charge on any atom is 0.262 e. The fourth-order valence-electron chi connectivity index (χ4n) is 2.98. The Bertz CT molecular complexity index is 844. The van der Waals surface area contributed by atoms with Gasteiger partial charge in [-0.05, 0) is 25.5 Å². The van der Waals surface area contributed by atoms with E-state index in [9.17, 15) is 8.42 Å². The molecule has 1 atom stereocenters. The zero-order chi connectivity index (χ0) is 17.5. The van der Waals surface area contributed by atoms with Crippen molar-refractivity contribution < 1.29 is 8.42 Å². The number of sulfonamides is 1. The van der Waals surface area contributed by atoms with Crippen molar-refractivity contribution in [3.63, 3.8) is 0 Å². The van der Waals surface area contributed by atoms with Gasteiger partial charge in [0.15, 0.2) is 5.03 Å². The van der Waals surface area contributed by atoms with Crippen molar-refractivity contribution >= 4 is 15.7 Å². The topological polar surface area (TPSA) is 71.3 Å². The molecule has 1 saturated heterocycles. The molecule has 2 aromatic heterocycles. The van der Waals surface area contributed by atoms with Gasteiger partial charge < -0.3 is 9.47 Å². The molecule has 24 heavy (non-hydrogen) atoms. The van der Waals surface area contributed by atoms with Gasteiger partial charge in [-0.3, -0.25) is 4.98 Å². The van der Waals surface area contributed by atoms with Gasteiger partial charge in [0.2, 0.25) is 0 Å². The van der Waals surface area contributed by atoms with Gasteiger partial charge in [0.05, 0.1) is 6.33 Å². The SMILES string of the molecule is Cc1cc(N(C)C)cc(C2CCN(S(=O)(=O)c3cn(C)cn3)C2)n1. The van der Waals surface area contributed by atoms with Gasteiger partial charge in [-0.2, -0.15) is 4.31 Å². The molecule has 3 rings (SSSR count). The molecule has 0 spiro atoms. The van der Waals surface area contributed by atoms with E-state index in [1.165, 1.54) is 16.8 Å². The largest absolute Gasteiger partial charge is 0.378 e. The summed E-state index contributed by atoms with van der Waals surface area (Å²) in [6.45, 7) is 2.91. The van der Waals surface area contributed by atoms with Crippen LogP contribution in [0.3, 0.4) is 0 Å². The lowest BCUT2D eigenvalue weighted by Crippen LogP contribution is -2.29. The molecular weight excluding hydrogens is 326 g/mol. The highest BCUT2D eigenvalue weighted by Crippen LogP contribution is 2.31. The van der Waals surface area contributed by atoms with Gasteiger partial charge in [-0.1, -0.05) is 0 Å². The Morgan fingerprint density at radius 3 is 2.67 bits per heavy atom. The Balaban J connectivity index is 1.83. The summed E-state index contributed by atoms with van der Waals surface area (Å²) in [6, 6.07) is 4.08. The zero-order valence-corrected chi connectivity index (χ0v) is 15.3. The standard InChI is InChI=1S/C16H23N5O2S/c1-12-7-14(19(2)3)8-15(18-12)13-5-6-21(9-13)24(22,23)16-10-20(4)11-17-16/h7-8,10-11,13H,5-6,9H2,1-4H3. The minimum atomic E-state index is -3.53. The summed E-state index contributed by atoms with van der Waals surface area (Å²) in [5.41, 5.74) is 2.99. The number of hydrogen-bond donors (Lipinski definition) is 0. The molecule has 2 aromatic rings. The second-order valence-corrected chi connectivity index (χ2v) is 8.40. The normalized spacial score (nSPS) is 18.9. The monoisotopic (exact) mass is 349 g/mol. The van der Waals surface area contributed by atoms with Gasteiger partial charge >= 0.3 is 0 Å². The van der Waals surface area contributed by atoms with Crippen LogP contribution in [-0.4, -0.2) is 54.4 Å². The second-order valence-electron chi connectivity index (χ2n) is 6.51. The van der Waals surface area contributed by atoms with Crippen molar-refractivity contribution in [2.24, 2.45) is 7.05 Å². The number of anilines is 1. The minimum Gasteiger partial charge on any atom is -0.378 e. The highest BCUT2D eigenvalue weighted by Gasteiger charge is 2.35. The average molecular weight is 349 g/mol. The van der Waals surface area contributed by atoms with Gasteiger partial charge in [0, 0.05) is 63.4 Å². The summed E-state index contributed by atoms with van der Waals surface area (Å²) in [7, 11) is 2.21. The first kappa shape index (κ1) is 16.9. The number of aryl methyl sites for hydroxylation is 2. The predicted octanol–water partition coefficient (Wildman–Crippen LogP) is 1.37. The predicted molar refractivity (Wildman–Crippen MR) is 92.6 cm³/mol. The van der Waals surface area contributed by atoms with E-state index in [4.69, 9.17) is 0 Å². The summed E-state index contributed by atoms with van der Waals surface area (Å²) in [6.07, 6.45) is 3.82. The molecular formula is C16H23N5O2S. The van der Waals surface area contributed by atoms with E-state index >= 15 is 0 Å². The number of imidazole rings is 1. The molecule has 130 valence electrons. The molecule has 1 aliphatic heterocycles. The molecule has 8 heteroatoms. The van der Waals surface area contributed by atoms with Crippen molar-refractivity contribution in [1.29, 1.82) is 0 Å². The minimum absolute atomic E-state index is 0.108. The lowest BCUT2D eigenvalue weighted by Gasteiger charge is -2.18. The van der Waals surface area contributed by atoms with Crippen molar-refractivity contribution in [1.82, 2.24) is 18.8 Å². The first-order valence-corrected chi connectivity index (χ1v) is 9.35. The lowest BCUT2D eigenvalue weighted by molar-refractivity contribution is 0.469. The van der Waals surface area contributed by atoms with E-state index in [2.05, 4.69) is 16.0 Å². The van der Waals surface area contributed by atoms with E-state index in [0.29, 0.717) is 13.1 Å². The summed E-state index contributed by atoms with van der Waals surface area (Å²) in [5, 5.41) is 0.108. The highest BCUT2D eigenvalue weighted by molar-refractivity contribution is 7.89. The number of rotatable bonds is 4. The summed E-state index contributed by atoms with van der Waals surface area (Å²) < 4.78 is 28.5.